The van der Waals surface area contributed by atoms with Crippen LogP contribution < -0.4 is 0 Å². The van der Waals surface area contributed by atoms with Crippen molar-refractivity contribution in [2.45, 2.75) is 38.5 Å². The van der Waals surface area contributed by atoms with Gasteiger partial charge in [0.2, 0.25) is 0 Å². The number of rotatable bonds is 8. The van der Waals surface area contributed by atoms with E-state index in [4.69, 9.17) is 14.7 Å². The van der Waals surface area contributed by atoms with Gasteiger partial charge in [0, 0.05) is 6.42 Å². The fourth-order valence-electron chi connectivity index (χ4n) is 2.33. The fourth-order valence-corrected chi connectivity index (χ4v) is 2.33. The summed E-state index contributed by atoms with van der Waals surface area (Å²) in [4.78, 5) is 25.1. The van der Waals surface area contributed by atoms with Crippen LogP contribution in [0.15, 0.2) is 30.3 Å². The minimum Gasteiger partial charge on any atom is -0.465 e. The van der Waals surface area contributed by atoms with Gasteiger partial charge in [-0.1, -0.05) is 30.3 Å². The highest BCUT2D eigenvalue weighted by molar-refractivity contribution is 6.06. The quantitative estimate of drug-likeness (QED) is 0.419. The standard InChI is InChI=1S/C17H21NO4/c1-3-21-15(19)17(12-8-9-13-18,16(20)22-4-2)14-10-6-5-7-11-14/h5-7,10-11H,3-4,8-9,12H2,1-2H3. The van der Waals surface area contributed by atoms with Crippen molar-refractivity contribution in [2.24, 2.45) is 0 Å². The van der Waals surface area contributed by atoms with E-state index in [1.54, 1.807) is 44.2 Å². The monoisotopic (exact) mass is 303 g/mol. The van der Waals surface area contributed by atoms with Crippen molar-refractivity contribution in [1.82, 2.24) is 0 Å². The van der Waals surface area contributed by atoms with Crippen LogP contribution in [0.25, 0.3) is 0 Å². The second-order valence-corrected chi connectivity index (χ2v) is 4.72. The van der Waals surface area contributed by atoms with Crippen molar-refractivity contribution in [3.8, 4) is 6.07 Å². The van der Waals surface area contributed by atoms with Gasteiger partial charge in [0.25, 0.3) is 0 Å². The van der Waals surface area contributed by atoms with Gasteiger partial charge in [0.1, 0.15) is 0 Å². The third-order valence-electron chi connectivity index (χ3n) is 3.35. The van der Waals surface area contributed by atoms with E-state index in [1.807, 2.05) is 6.07 Å². The first-order valence-electron chi connectivity index (χ1n) is 7.40. The van der Waals surface area contributed by atoms with Crippen molar-refractivity contribution in [2.75, 3.05) is 13.2 Å². The molecule has 0 bridgehead atoms. The second kappa shape index (κ2) is 8.83. The molecule has 0 spiro atoms. The Morgan fingerprint density at radius 1 is 1.09 bits per heavy atom. The molecule has 0 radical (unpaired) electrons. The topological polar surface area (TPSA) is 76.4 Å². The average molecular weight is 303 g/mol. The lowest BCUT2D eigenvalue weighted by Gasteiger charge is -2.29. The lowest BCUT2D eigenvalue weighted by Crippen LogP contribution is -2.46. The Balaban J connectivity index is 3.31. The maximum absolute atomic E-state index is 12.6. The Labute approximate surface area is 130 Å². The van der Waals surface area contributed by atoms with Crippen molar-refractivity contribution in [3.63, 3.8) is 0 Å². The molecule has 5 heteroatoms. The number of unbranched alkanes of at least 4 members (excludes halogenated alkanes) is 1. The van der Waals surface area contributed by atoms with Gasteiger partial charge in [-0.2, -0.15) is 5.26 Å². The van der Waals surface area contributed by atoms with E-state index in [0.29, 0.717) is 12.0 Å². The molecular weight excluding hydrogens is 282 g/mol. The van der Waals surface area contributed by atoms with Crippen LogP contribution >= 0.6 is 0 Å². The third-order valence-corrected chi connectivity index (χ3v) is 3.35. The number of carbonyl (C=O) groups is 2. The summed E-state index contributed by atoms with van der Waals surface area (Å²) in [5, 5.41) is 8.74. The summed E-state index contributed by atoms with van der Waals surface area (Å²) in [5.74, 6) is -1.25. The van der Waals surface area contributed by atoms with Crippen LogP contribution in [-0.2, 0) is 24.5 Å². The van der Waals surface area contributed by atoms with Gasteiger partial charge in [-0.05, 0) is 32.3 Å². The van der Waals surface area contributed by atoms with Crippen molar-refractivity contribution < 1.29 is 19.1 Å². The molecule has 0 aliphatic heterocycles. The highest BCUT2D eigenvalue weighted by Crippen LogP contribution is 2.33. The Morgan fingerprint density at radius 2 is 1.64 bits per heavy atom. The third kappa shape index (κ3) is 3.85. The predicted molar refractivity (Wildman–Crippen MR) is 80.9 cm³/mol. The van der Waals surface area contributed by atoms with E-state index in [0.717, 1.165) is 0 Å². The lowest BCUT2D eigenvalue weighted by atomic mass is 9.76. The zero-order chi connectivity index (χ0) is 16.4. The molecule has 1 aromatic rings. The SMILES string of the molecule is CCOC(=O)C(CCCC#N)(C(=O)OCC)c1ccccc1. The summed E-state index contributed by atoms with van der Waals surface area (Å²) in [6, 6.07) is 10.8. The van der Waals surface area contributed by atoms with Crippen LogP contribution in [0.2, 0.25) is 0 Å². The number of carbonyl (C=O) groups excluding carboxylic acids is 2. The molecule has 0 aliphatic rings. The van der Waals surface area contributed by atoms with Crippen LogP contribution in [-0.4, -0.2) is 25.2 Å². The summed E-state index contributed by atoms with van der Waals surface area (Å²) in [7, 11) is 0. The first kappa shape index (κ1) is 17.7. The van der Waals surface area contributed by atoms with Crippen molar-refractivity contribution in [1.29, 1.82) is 5.26 Å². The molecule has 0 atom stereocenters. The Morgan fingerprint density at radius 3 is 2.09 bits per heavy atom. The van der Waals surface area contributed by atoms with Gasteiger partial charge in [-0.3, -0.25) is 9.59 Å². The molecule has 0 aromatic heterocycles. The van der Waals surface area contributed by atoms with E-state index < -0.39 is 17.4 Å². The summed E-state index contributed by atoms with van der Waals surface area (Å²) >= 11 is 0. The van der Waals surface area contributed by atoms with Crippen LogP contribution in [0.3, 0.4) is 0 Å². The van der Waals surface area contributed by atoms with E-state index in [9.17, 15) is 9.59 Å². The van der Waals surface area contributed by atoms with Gasteiger partial charge < -0.3 is 9.47 Å². The summed E-state index contributed by atoms with van der Waals surface area (Å²) in [6.45, 7) is 3.72. The smallest absolute Gasteiger partial charge is 0.328 e. The molecule has 0 heterocycles. The molecule has 0 aliphatic carbocycles. The summed E-state index contributed by atoms with van der Waals surface area (Å²) < 4.78 is 10.3. The summed E-state index contributed by atoms with van der Waals surface area (Å²) in [6.07, 6.45) is 0.846. The average Bonchev–Trinajstić information content (AvgIpc) is 2.53. The van der Waals surface area contributed by atoms with Crippen LogP contribution in [0.1, 0.15) is 38.7 Å². The molecule has 118 valence electrons. The number of hydrogen-bond acceptors (Lipinski definition) is 5. The maximum Gasteiger partial charge on any atom is 0.328 e. The molecule has 0 saturated heterocycles. The van der Waals surface area contributed by atoms with E-state index >= 15 is 0 Å². The second-order valence-electron chi connectivity index (χ2n) is 4.72. The molecule has 0 saturated carbocycles. The van der Waals surface area contributed by atoms with Gasteiger partial charge in [-0.15, -0.1) is 0 Å². The van der Waals surface area contributed by atoms with Crippen molar-refractivity contribution in [3.05, 3.63) is 35.9 Å². The van der Waals surface area contributed by atoms with E-state index in [2.05, 4.69) is 0 Å². The zero-order valence-corrected chi connectivity index (χ0v) is 13.0. The Kier molecular flexibility index (Phi) is 7.11. The van der Waals surface area contributed by atoms with Crippen LogP contribution in [0.4, 0.5) is 0 Å². The molecule has 0 unspecified atom stereocenters. The van der Waals surface area contributed by atoms with Gasteiger partial charge >= 0.3 is 11.9 Å². The van der Waals surface area contributed by atoms with Gasteiger partial charge in [-0.25, -0.2) is 0 Å². The Hall–Kier alpha value is -2.35. The molecule has 1 aromatic carbocycles. The normalized spacial score (nSPS) is 10.6. The minimum atomic E-state index is -1.51. The molecule has 0 amide bonds. The first-order chi connectivity index (χ1) is 10.6. The zero-order valence-electron chi connectivity index (χ0n) is 13.0. The molecule has 22 heavy (non-hydrogen) atoms. The number of nitrogens with zero attached hydrogens (tertiary/aromatic N) is 1. The minimum absolute atomic E-state index is 0.172. The van der Waals surface area contributed by atoms with Crippen molar-refractivity contribution >= 4 is 11.9 Å². The molecule has 1 rings (SSSR count). The van der Waals surface area contributed by atoms with Gasteiger partial charge in [0.05, 0.1) is 19.3 Å². The summed E-state index contributed by atoms with van der Waals surface area (Å²) in [5.41, 5.74) is -0.978. The number of benzene rings is 1. The number of ether oxygens (including phenoxy) is 2. The van der Waals surface area contributed by atoms with Gasteiger partial charge in [0.15, 0.2) is 5.41 Å². The fraction of sp³-hybridized carbons (Fsp3) is 0.471. The predicted octanol–water partition coefficient (Wildman–Crippen LogP) is 2.74. The number of hydrogen-bond donors (Lipinski definition) is 0. The number of nitriles is 1. The lowest BCUT2D eigenvalue weighted by molar-refractivity contribution is -0.165. The Bertz CT molecular complexity index is 515. The molecular formula is C17H21NO4. The first-order valence-corrected chi connectivity index (χ1v) is 7.40. The van der Waals surface area contributed by atoms with E-state index in [1.165, 1.54) is 0 Å². The van der Waals surface area contributed by atoms with Crippen LogP contribution in [0, 0.1) is 11.3 Å². The molecule has 0 fully saturated rings. The van der Waals surface area contributed by atoms with Crippen LogP contribution in [0.5, 0.6) is 0 Å². The van der Waals surface area contributed by atoms with E-state index in [-0.39, 0.29) is 26.1 Å². The highest BCUT2D eigenvalue weighted by Gasteiger charge is 2.49. The molecule has 5 nitrogen and oxygen atoms in total. The maximum atomic E-state index is 12.6. The largest absolute Gasteiger partial charge is 0.465 e. The highest BCUT2D eigenvalue weighted by atomic mass is 16.6. The molecule has 0 N–H and O–H groups in total. The number of esters is 2.